The van der Waals surface area contributed by atoms with E-state index in [2.05, 4.69) is 22.0 Å². The molecule has 5 rings (SSSR count). The number of anilines is 1. The minimum Gasteiger partial charge on any atom is -0.368 e. The maximum atomic E-state index is 14.0. The number of nitrogens with zero attached hydrogens (tertiary/aromatic N) is 5. The molecule has 0 saturated carbocycles. The van der Waals surface area contributed by atoms with Crippen LogP contribution in [-0.4, -0.2) is 58.0 Å². The van der Waals surface area contributed by atoms with Gasteiger partial charge in [0.1, 0.15) is 5.92 Å². The maximum Gasteiger partial charge on any atom is 0.276 e. The summed E-state index contributed by atoms with van der Waals surface area (Å²) in [5, 5.41) is 0.695. The van der Waals surface area contributed by atoms with Gasteiger partial charge in [-0.15, -0.1) is 0 Å². The lowest BCUT2D eigenvalue weighted by atomic mass is 9.87. The maximum absolute atomic E-state index is 14.0. The van der Waals surface area contributed by atoms with Gasteiger partial charge < -0.3 is 9.80 Å². The summed E-state index contributed by atoms with van der Waals surface area (Å²) in [6.45, 7) is 5.58. The number of hydrogen-bond acceptors (Lipinski definition) is 5. The molecule has 1 fully saturated rings. The quantitative estimate of drug-likeness (QED) is 0.511. The molecule has 2 aliphatic rings. The summed E-state index contributed by atoms with van der Waals surface area (Å²) in [7, 11) is 0. The van der Waals surface area contributed by atoms with Crippen molar-refractivity contribution in [2.45, 2.75) is 19.9 Å². The Hall–Kier alpha value is -3.36. The predicted molar refractivity (Wildman–Crippen MR) is 141 cm³/mol. The molecule has 186 valence electrons. The molecule has 2 unspecified atom stereocenters. The highest BCUT2D eigenvalue weighted by molar-refractivity contribution is 6.42. The number of carbonyl (C=O) groups excluding carboxylic acids is 2. The monoisotopic (exact) mass is 525 g/mol. The van der Waals surface area contributed by atoms with E-state index in [0.29, 0.717) is 53.3 Å². The van der Waals surface area contributed by atoms with Crippen molar-refractivity contribution in [3.05, 3.63) is 80.6 Å². The Morgan fingerprint density at radius 3 is 2.28 bits per heavy atom. The fourth-order valence-electron chi connectivity index (χ4n) is 5.09. The smallest absolute Gasteiger partial charge is 0.276 e. The zero-order valence-corrected chi connectivity index (χ0v) is 21.4. The van der Waals surface area contributed by atoms with Gasteiger partial charge in [-0.25, -0.2) is 9.67 Å². The van der Waals surface area contributed by atoms with Gasteiger partial charge in [-0.05, 0) is 36.8 Å². The summed E-state index contributed by atoms with van der Waals surface area (Å²) in [6, 6.07) is 15.8. The molecular weight excluding hydrogens is 501 g/mol. The number of rotatable bonds is 3. The summed E-state index contributed by atoms with van der Waals surface area (Å²) in [5.41, 5.74) is 1.86. The number of fused-ring (bicyclic) bond motifs is 1. The number of para-hydroxylation sites is 1. The van der Waals surface area contributed by atoms with Crippen LogP contribution in [0.3, 0.4) is 0 Å². The van der Waals surface area contributed by atoms with Crippen molar-refractivity contribution >= 4 is 52.2 Å². The molecule has 2 aromatic carbocycles. The van der Waals surface area contributed by atoms with Crippen molar-refractivity contribution in [1.82, 2.24) is 14.3 Å². The molecule has 0 radical (unpaired) electrons. The third kappa shape index (κ3) is 4.24. The van der Waals surface area contributed by atoms with Gasteiger partial charge >= 0.3 is 0 Å². The SMILES string of the molecule is CC(=O)n1c(=O)cc2n1C(c1ccc(Cl)c(Cl)c1)C(C(=O)N1CCN(c3ccccc3)CC1)C(C)=N2. The minimum absolute atomic E-state index is 0.109. The van der Waals surface area contributed by atoms with Crippen molar-refractivity contribution in [3.63, 3.8) is 0 Å². The number of aromatic nitrogens is 2. The van der Waals surface area contributed by atoms with E-state index in [4.69, 9.17) is 23.2 Å². The molecule has 2 aliphatic heterocycles. The lowest BCUT2D eigenvalue weighted by Gasteiger charge is -2.40. The van der Waals surface area contributed by atoms with Crippen LogP contribution in [0.2, 0.25) is 10.0 Å². The van der Waals surface area contributed by atoms with Gasteiger partial charge in [0.05, 0.1) is 16.1 Å². The number of halogens is 2. The van der Waals surface area contributed by atoms with Crippen LogP contribution in [0, 0.1) is 5.92 Å². The summed E-state index contributed by atoms with van der Waals surface area (Å²) < 4.78 is 2.55. The van der Waals surface area contributed by atoms with E-state index in [-0.39, 0.29) is 5.91 Å². The molecule has 1 aromatic heterocycles. The Bertz CT molecular complexity index is 1420. The molecule has 0 aliphatic carbocycles. The van der Waals surface area contributed by atoms with Crippen LogP contribution in [0.4, 0.5) is 11.5 Å². The number of benzene rings is 2. The highest BCUT2D eigenvalue weighted by Crippen LogP contribution is 2.39. The van der Waals surface area contributed by atoms with E-state index in [1.807, 2.05) is 23.1 Å². The molecule has 1 saturated heterocycles. The van der Waals surface area contributed by atoms with Crippen LogP contribution in [0.25, 0.3) is 0 Å². The highest BCUT2D eigenvalue weighted by atomic mass is 35.5. The van der Waals surface area contributed by atoms with Crippen molar-refractivity contribution in [2.24, 2.45) is 10.9 Å². The molecule has 36 heavy (non-hydrogen) atoms. The van der Waals surface area contributed by atoms with E-state index < -0.39 is 23.4 Å². The standard InChI is InChI=1S/C26H25Cl2N5O3/c1-16-24(26(36)31-12-10-30(11-13-31)19-6-4-3-5-7-19)25(18-8-9-20(27)21(28)14-18)33-22(29-16)15-23(35)32(33)17(2)34/h3-9,14-15,24-25H,10-13H2,1-2H3. The second-order valence-electron chi connectivity index (χ2n) is 9.01. The number of piperazine rings is 1. The number of hydrogen-bond donors (Lipinski definition) is 0. The fourth-order valence-corrected chi connectivity index (χ4v) is 5.39. The molecular formula is C26H25Cl2N5O3. The average molecular weight is 526 g/mol. The third-order valence-electron chi connectivity index (χ3n) is 6.79. The van der Waals surface area contributed by atoms with Crippen molar-refractivity contribution in [3.8, 4) is 0 Å². The molecule has 2 atom stereocenters. The van der Waals surface area contributed by atoms with Crippen molar-refractivity contribution < 1.29 is 9.59 Å². The Morgan fingerprint density at radius 2 is 1.64 bits per heavy atom. The van der Waals surface area contributed by atoms with Crippen LogP contribution in [0.1, 0.15) is 30.2 Å². The van der Waals surface area contributed by atoms with E-state index in [1.165, 1.54) is 17.7 Å². The summed E-state index contributed by atoms with van der Waals surface area (Å²) >= 11 is 12.5. The van der Waals surface area contributed by atoms with Crippen LogP contribution >= 0.6 is 23.2 Å². The van der Waals surface area contributed by atoms with Gasteiger partial charge in [0.15, 0.2) is 5.82 Å². The second-order valence-corrected chi connectivity index (χ2v) is 9.83. The fraction of sp³-hybridized carbons (Fsp3) is 0.308. The van der Waals surface area contributed by atoms with E-state index in [0.717, 1.165) is 10.4 Å². The Kier molecular flexibility index (Phi) is 6.49. The summed E-state index contributed by atoms with van der Waals surface area (Å²) in [4.78, 5) is 47.9. The minimum atomic E-state index is -0.726. The molecule has 10 heteroatoms. The average Bonchev–Trinajstić information content (AvgIpc) is 3.20. The normalized spacial score (nSPS) is 19.6. The number of carbonyl (C=O) groups is 2. The Morgan fingerprint density at radius 1 is 0.944 bits per heavy atom. The van der Waals surface area contributed by atoms with Crippen molar-refractivity contribution in [2.75, 3.05) is 31.1 Å². The Labute approximate surface area is 218 Å². The zero-order chi connectivity index (χ0) is 25.6. The highest BCUT2D eigenvalue weighted by Gasteiger charge is 2.42. The predicted octanol–water partition coefficient (Wildman–Crippen LogP) is 4.28. The first-order chi connectivity index (χ1) is 17.3. The van der Waals surface area contributed by atoms with Crippen LogP contribution in [-0.2, 0) is 4.79 Å². The number of amides is 1. The second kappa shape index (κ2) is 9.59. The lowest BCUT2D eigenvalue weighted by Crippen LogP contribution is -2.53. The first-order valence-electron chi connectivity index (χ1n) is 11.7. The third-order valence-corrected chi connectivity index (χ3v) is 7.53. The van der Waals surface area contributed by atoms with Gasteiger partial charge in [0.2, 0.25) is 11.8 Å². The van der Waals surface area contributed by atoms with E-state index >= 15 is 0 Å². The summed E-state index contributed by atoms with van der Waals surface area (Å²) in [6.07, 6.45) is 0. The van der Waals surface area contributed by atoms with Gasteiger partial charge in [-0.1, -0.05) is 47.5 Å². The molecule has 0 spiro atoms. The summed E-state index contributed by atoms with van der Waals surface area (Å²) in [5.74, 6) is -0.979. The molecule has 3 aromatic rings. The number of aliphatic imine (C=N–C) groups is 1. The van der Waals surface area contributed by atoms with Gasteiger partial charge in [0, 0.05) is 50.6 Å². The van der Waals surface area contributed by atoms with Crippen LogP contribution in [0.15, 0.2) is 64.4 Å². The topological polar surface area (TPSA) is 79.9 Å². The first-order valence-corrected chi connectivity index (χ1v) is 12.5. The van der Waals surface area contributed by atoms with Crippen LogP contribution in [0.5, 0.6) is 0 Å². The van der Waals surface area contributed by atoms with Gasteiger partial charge in [0.25, 0.3) is 5.56 Å². The molecule has 3 heterocycles. The Balaban J connectivity index is 1.53. The van der Waals surface area contributed by atoms with Gasteiger partial charge in [-0.3, -0.25) is 14.4 Å². The van der Waals surface area contributed by atoms with E-state index in [1.54, 1.807) is 25.1 Å². The molecule has 8 nitrogen and oxygen atoms in total. The van der Waals surface area contributed by atoms with Gasteiger partial charge in [-0.2, -0.15) is 4.68 Å². The van der Waals surface area contributed by atoms with Crippen molar-refractivity contribution in [1.29, 1.82) is 0 Å². The first kappa shape index (κ1) is 24.3. The lowest BCUT2D eigenvalue weighted by molar-refractivity contribution is -0.134. The van der Waals surface area contributed by atoms with E-state index in [9.17, 15) is 14.4 Å². The molecule has 0 N–H and O–H groups in total. The molecule has 0 bridgehead atoms. The van der Waals surface area contributed by atoms with Crippen LogP contribution < -0.4 is 10.5 Å². The largest absolute Gasteiger partial charge is 0.368 e. The molecule has 1 amide bonds. The zero-order valence-electron chi connectivity index (χ0n) is 19.9.